The van der Waals surface area contributed by atoms with Crippen LogP contribution in [0.4, 0.5) is 5.69 Å². The molecule has 0 aliphatic heterocycles. The van der Waals surface area contributed by atoms with E-state index in [0.717, 1.165) is 14.8 Å². The first kappa shape index (κ1) is 19.1. The summed E-state index contributed by atoms with van der Waals surface area (Å²) in [7, 11) is 0. The van der Waals surface area contributed by atoms with Gasteiger partial charge in [0.1, 0.15) is 6.61 Å². The summed E-state index contributed by atoms with van der Waals surface area (Å²) in [6.07, 6.45) is 1.69. The van der Waals surface area contributed by atoms with Crippen molar-refractivity contribution in [2.24, 2.45) is 0 Å². The van der Waals surface area contributed by atoms with E-state index in [9.17, 15) is 4.79 Å². The van der Waals surface area contributed by atoms with Crippen LogP contribution in [0.5, 0.6) is 11.5 Å². The number of halogens is 1. The minimum atomic E-state index is -0.944. The number of hydrogen-bond donors (Lipinski definition) is 2. The number of ether oxygens (including phenoxy) is 2. The minimum Gasteiger partial charge on any atom is -0.490 e. The van der Waals surface area contributed by atoms with Gasteiger partial charge in [-0.05, 0) is 65.4 Å². The topological polar surface area (TPSA) is 67.8 Å². The number of rotatable bonds is 9. The lowest BCUT2D eigenvalue weighted by molar-refractivity contribution is 0.0697. The molecule has 132 valence electrons. The highest BCUT2D eigenvalue weighted by atomic mass is 127. The largest absolute Gasteiger partial charge is 0.490 e. The van der Waals surface area contributed by atoms with Crippen LogP contribution < -0.4 is 14.8 Å². The van der Waals surface area contributed by atoms with Crippen molar-refractivity contribution in [1.29, 1.82) is 0 Å². The van der Waals surface area contributed by atoms with Gasteiger partial charge in [-0.1, -0.05) is 18.7 Å². The maximum Gasteiger partial charge on any atom is 0.335 e. The zero-order chi connectivity index (χ0) is 18.2. The number of carboxylic acids is 1. The molecule has 0 aliphatic rings. The normalized spacial score (nSPS) is 10.2. The lowest BCUT2D eigenvalue weighted by Gasteiger charge is -2.15. The number of anilines is 1. The van der Waals surface area contributed by atoms with Crippen molar-refractivity contribution in [1.82, 2.24) is 0 Å². The van der Waals surface area contributed by atoms with Crippen LogP contribution in [0.15, 0.2) is 49.1 Å². The van der Waals surface area contributed by atoms with Crippen LogP contribution in [-0.2, 0) is 6.54 Å². The summed E-state index contributed by atoms with van der Waals surface area (Å²) in [5, 5.41) is 12.3. The maximum absolute atomic E-state index is 11.0. The van der Waals surface area contributed by atoms with E-state index in [2.05, 4.69) is 34.5 Å². The molecule has 0 unspecified atom stereocenters. The first-order valence-electron chi connectivity index (χ1n) is 7.81. The summed E-state index contributed by atoms with van der Waals surface area (Å²) in [4.78, 5) is 11.0. The van der Waals surface area contributed by atoms with E-state index in [1.54, 1.807) is 24.3 Å². The number of nitrogens with one attached hydrogen (secondary N) is 1. The van der Waals surface area contributed by atoms with Gasteiger partial charge in [0.05, 0.1) is 15.7 Å². The highest BCUT2D eigenvalue weighted by Gasteiger charge is 2.12. The van der Waals surface area contributed by atoms with Crippen molar-refractivity contribution in [3.8, 4) is 11.5 Å². The van der Waals surface area contributed by atoms with Gasteiger partial charge in [0.25, 0.3) is 0 Å². The van der Waals surface area contributed by atoms with E-state index < -0.39 is 5.97 Å². The molecule has 0 fully saturated rings. The fourth-order valence-electron chi connectivity index (χ4n) is 2.24. The third-order valence-electron chi connectivity index (χ3n) is 3.32. The van der Waals surface area contributed by atoms with Gasteiger partial charge < -0.3 is 19.9 Å². The van der Waals surface area contributed by atoms with Crippen LogP contribution >= 0.6 is 22.6 Å². The molecule has 5 nitrogen and oxygen atoms in total. The molecule has 0 atom stereocenters. The van der Waals surface area contributed by atoms with E-state index in [1.165, 1.54) is 0 Å². The summed E-state index contributed by atoms with van der Waals surface area (Å²) in [6.45, 7) is 7.08. The Labute approximate surface area is 160 Å². The van der Waals surface area contributed by atoms with Gasteiger partial charge in [-0.15, -0.1) is 0 Å². The zero-order valence-electron chi connectivity index (χ0n) is 13.9. The molecule has 2 aromatic carbocycles. The Morgan fingerprint density at radius 1 is 1.32 bits per heavy atom. The molecule has 0 radical (unpaired) electrons. The maximum atomic E-state index is 11.0. The quantitative estimate of drug-likeness (QED) is 0.431. The SMILES string of the molecule is C=CCOc1c(I)cc(CNc2cccc(C(=O)O)c2)cc1OCC. The lowest BCUT2D eigenvalue weighted by atomic mass is 10.1. The van der Waals surface area contributed by atoms with Crippen molar-refractivity contribution >= 4 is 34.2 Å². The molecule has 0 bridgehead atoms. The third-order valence-corrected chi connectivity index (χ3v) is 4.12. The zero-order valence-corrected chi connectivity index (χ0v) is 16.1. The predicted octanol–water partition coefficient (Wildman–Crippen LogP) is 4.57. The molecule has 0 heterocycles. The molecule has 0 aliphatic carbocycles. The molecule has 0 spiro atoms. The first-order chi connectivity index (χ1) is 12.0. The molecule has 2 rings (SSSR count). The number of carbonyl (C=O) groups is 1. The van der Waals surface area contributed by atoms with Crippen molar-refractivity contribution in [3.05, 3.63) is 63.8 Å². The van der Waals surface area contributed by atoms with Gasteiger partial charge >= 0.3 is 5.97 Å². The number of hydrogen-bond acceptors (Lipinski definition) is 4. The standard InChI is InChI=1S/C19H20INO4/c1-3-8-25-18-16(20)9-13(10-17(18)24-4-2)12-21-15-7-5-6-14(11-15)19(22)23/h3,5-7,9-11,21H,1,4,8,12H2,2H3,(H,22,23). The summed E-state index contributed by atoms with van der Waals surface area (Å²) < 4.78 is 12.3. The van der Waals surface area contributed by atoms with E-state index in [4.69, 9.17) is 14.6 Å². The average Bonchev–Trinajstić information content (AvgIpc) is 2.60. The summed E-state index contributed by atoms with van der Waals surface area (Å²) in [5.41, 5.74) is 2.02. The van der Waals surface area contributed by atoms with Crippen LogP contribution in [0.2, 0.25) is 0 Å². The molecule has 6 heteroatoms. The second-order valence-corrected chi connectivity index (χ2v) is 6.34. The Balaban J connectivity index is 2.17. The monoisotopic (exact) mass is 453 g/mol. The summed E-state index contributed by atoms with van der Waals surface area (Å²) in [5.74, 6) is 0.451. The first-order valence-corrected chi connectivity index (χ1v) is 8.89. The Hall–Kier alpha value is -2.22. The highest BCUT2D eigenvalue weighted by molar-refractivity contribution is 14.1. The van der Waals surface area contributed by atoms with Crippen LogP contribution in [0.25, 0.3) is 0 Å². The number of aromatic carboxylic acids is 1. The smallest absolute Gasteiger partial charge is 0.335 e. The second kappa shape index (κ2) is 9.31. The van der Waals surface area contributed by atoms with Crippen LogP contribution in [0, 0.1) is 3.57 Å². The van der Waals surface area contributed by atoms with Gasteiger partial charge in [0, 0.05) is 12.2 Å². The Bertz CT molecular complexity index is 761. The Kier molecular flexibility index (Phi) is 7.12. The fourth-order valence-corrected chi connectivity index (χ4v) is 3.06. The van der Waals surface area contributed by atoms with E-state index >= 15 is 0 Å². The highest BCUT2D eigenvalue weighted by Crippen LogP contribution is 2.34. The van der Waals surface area contributed by atoms with Crippen molar-refractivity contribution in [2.45, 2.75) is 13.5 Å². The van der Waals surface area contributed by atoms with Gasteiger partial charge in [-0.25, -0.2) is 4.79 Å². The lowest BCUT2D eigenvalue weighted by Crippen LogP contribution is -2.05. The summed E-state index contributed by atoms with van der Waals surface area (Å²) >= 11 is 2.21. The Morgan fingerprint density at radius 2 is 2.12 bits per heavy atom. The van der Waals surface area contributed by atoms with E-state index in [1.807, 2.05) is 25.1 Å². The molecule has 0 saturated carbocycles. The molecule has 0 saturated heterocycles. The molecule has 2 aromatic rings. The fraction of sp³-hybridized carbons (Fsp3) is 0.211. The minimum absolute atomic E-state index is 0.253. The molecule has 2 N–H and O–H groups in total. The number of carboxylic acid groups (broad SMARTS) is 1. The van der Waals surface area contributed by atoms with E-state index in [-0.39, 0.29) is 5.56 Å². The van der Waals surface area contributed by atoms with E-state index in [0.29, 0.717) is 31.3 Å². The molecular weight excluding hydrogens is 433 g/mol. The third kappa shape index (κ3) is 5.38. The van der Waals surface area contributed by atoms with Crippen molar-refractivity contribution in [2.75, 3.05) is 18.5 Å². The molecule has 0 amide bonds. The van der Waals surface area contributed by atoms with Crippen molar-refractivity contribution in [3.63, 3.8) is 0 Å². The molecule has 25 heavy (non-hydrogen) atoms. The van der Waals surface area contributed by atoms with Gasteiger partial charge in [-0.3, -0.25) is 0 Å². The molecular formula is C19H20INO4. The summed E-state index contributed by atoms with van der Waals surface area (Å²) in [6, 6.07) is 10.7. The van der Waals surface area contributed by atoms with Crippen LogP contribution in [0.1, 0.15) is 22.8 Å². The van der Waals surface area contributed by atoms with Crippen molar-refractivity contribution < 1.29 is 19.4 Å². The Morgan fingerprint density at radius 3 is 2.80 bits per heavy atom. The van der Waals surface area contributed by atoms with Gasteiger partial charge in [0.2, 0.25) is 0 Å². The molecule has 0 aromatic heterocycles. The van der Waals surface area contributed by atoms with Crippen LogP contribution in [-0.4, -0.2) is 24.3 Å². The predicted molar refractivity (Wildman–Crippen MR) is 107 cm³/mol. The van der Waals surface area contributed by atoms with Gasteiger partial charge in [-0.2, -0.15) is 0 Å². The van der Waals surface area contributed by atoms with Crippen LogP contribution in [0.3, 0.4) is 0 Å². The second-order valence-electron chi connectivity index (χ2n) is 5.18. The average molecular weight is 453 g/mol. The number of benzene rings is 2. The van der Waals surface area contributed by atoms with Gasteiger partial charge in [0.15, 0.2) is 11.5 Å².